The summed E-state index contributed by atoms with van der Waals surface area (Å²) < 4.78 is 33.1. The molecular formula is C16H12ClF2NO. The molecule has 0 aliphatic carbocycles. The van der Waals surface area contributed by atoms with Gasteiger partial charge >= 0.3 is 0 Å². The Balaban J connectivity index is 2.14. The van der Waals surface area contributed by atoms with Crippen molar-refractivity contribution in [1.82, 2.24) is 5.32 Å². The number of hydrogen-bond acceptors (Lipinski definition) is 2. The molecule has 0 radical (unpaired) electrons. The average molecular weight is 308 g/mol. The Hall–Kier alpha value is -1.91. The molecule has 0 spiro atoms. The summed E-state index contributed by atoms with van der Waals surface area (Å²) in [5, 5.41) is 4.23. The van der Waals surface area contributed by atoms with Crippen LogP contribution in [0.2, 0.25) is 5.02 Å². The standard InChI is InChI=1S/C16H12ClF2NO/c1-20-15(10-5-3-7-12(18)14(10)19)13-8-9-4-2-6-11(17)16(9)21-13/h2-8,15,20H,1H3. The van der Waals surface area contributed by atoms with Gasteiger partial charge in [-0.25, -0.2) is 8.78 Å². The van der Waals surface area contributed by atoms with Crippen molar-refractivity contribution in [3.8, 4) is 0 Å². The van der Waals surface area contributed by atoms with Crippen molar-refractivity contribution in [3.05, 3.63) is 70.4 Å². The SMILES string of the molecule is CNC(c1cc2cccc(Cl)c2o1)c1cccc(F)c1F. The first-order chi connectivity index (χ1) is 10.1. The lowest BCUT2D eigenvalue weighted by molar-refractivity contribution is 0.454. The van der Waals surface area contributed by atoms with E-state index in [0.29, 0.717) is 16.4 Å². The molecule has 3 aromatic rings. The van der Waals surface area contributed by atoms with E-state index in [9.17, 15) is 8.78 Å². The van der Waals surface area contributed by atoms with Crippen LogP contribution in [0, 0.1) is 11.6 Å². The molecule has 5 heteroatoms. The minimum absolute atomic E-state index is 0.188. The summed E-state index contributed by atoms with van der Waals surface area (Å²) in [6, 6.07) is 10.6. The van der Waals surface area contributed by atoms with Crippen LogP contribution in [-0.2, 0) is 0 Å². The van der Waals surface area contributed by atoms with Crippen LogP contribution < -0.4 is 5.32 Å². The molecule has 1 aromatic heterocycles. The van der Waals surface area contributed by atoms with E-state index in [1.807, 2.05) is 6.07 Å². The Labute approximate surface area is 125 Å². The molecule has 1 unspecified atom stereocenters. The lowest BCUT2D eigenvalue weighted by Crippen LogP contribution is -2.18. The van der Waals surface area contributed by atoms with Crippen LogP contribution in [0.4, 0.5) is 8.78 Å². The second-order valence-electron chi connectivity index (χ2n) is 4.67. The number of para-hydroxylation sites is 1. The van der Waals surface area contributed by atoms with Gasteiger partial charge in [0, 0.05) is 10.9 Å². The Morgan fingerprint density at radius 2 is 1.90 bits per heavy atom. The quantitative estimate of drug-likeness (QED) is 0.760. The van der Waals surface area contributed by atoms with Crippen molar-refractivity contribution in [2.24, 2.45) is 0 Å². The van der Waals surface area contributed by atoms with Crippen molar-refractivity contribution in [3.63, 3.8) is 0 Å². The van der Waals surface area contributed by atoms with Crippen LogP contribution in [-0.4, -0.2) is 7.05 Å². The minimum Gasteiger partial charge on any atom is -0.457 e. The van der Waals surface area contributed by atoms with E-state index in [2.05, 4.69) is 5.32 Å². The van der Waals surface area contributed by atoms with Gasteiger partial charge < -0.3 is 9.73 Å². The molecule has 2 aromatic carbocycles. The van der Waals surface area contributed by atoms with E-state index in [1.54, 1.807) is 25.2 Å². The van der Waals surface area contributed by atoms with Gasteiger partial charge in [-0.1, -0.05) is 35.9 Å². The summed E-state index contributed by atoms with van der Waals surface area (Å²) in [4.78, 5) is 0. The first kappa shape index (κ1) is 14.0. The molecule has 0 aliphatic rings. The van der Waals surface area contributed by atoms with Crippen molar-refractivity contribution in [1.29, 1.82) is 0 Å². The molecule has 0 bridgehead atoms. The summed E-state index contributed by atoms with van der Waals surface area (Å²) in [5.74, 6) is -1.30. The fraction of sp³-hybridized carbons (Fsp3) is 0.125. The molecular weight excluding hydrogens is 296 g/mol. The summed E-state index contributed by atoms with van der Waals surface area (Å²) in [6.45, 7) is 0. The summed E-state index contributed by atoms with van der Waals surface area (Å²) in [5.41, 5.74) is 0.721. The zero-order valence-electron chi connectivity index (χ0n) is 11.2. The maximum Gasteiger partial charge on any atom is 0.164 e. The highest BCUT2D eigenvalue weighted by molar-refractivity contribution is 6.34. The number of halogens is 3. The van der Waals surface area contributed by atoms with E-state index in [1.165, 1.54) is 12.1 Å². The number of benzene rings is 2. The molecule has 1 N–H and O–H groups in total. The number of furan rings is 1. The molecule has 0 aliphatic heterocycles. The fourth-order valence-corrected chi connectivity index (χ4v) is 2.60. The molecule has 1 heterocycles. The second kappa shape index (κ2) is 5.47. The summed E-state index contributed by atoms with van der Waals surface area (Å²) in [7, 11) is 1.66. The first-order valence-electron chi connectivity index (χ1n) is 6.41. The van der Waals surface area contributed by atoms with E-state index in [4.69, 9.17) is 16.0 Å². The van der Waals surface area contributed by atoms with E-state index in [0.717, 1.165) is 11.5 Å². The van der Waals surface area contributed by atoms with Crippen LogP contribution in [0.15, 0.2) is 46.9 Å². The monoisotopic (exact) mass is 307 g/mol. The summed E-state index contributed by atoms with van der Waals surface area (Å²) in [6.07, 6.45) is 0. The Kier molecular flexibility index (Phi) is 3.66. The third kappa shape index (κ3) is 2.41. The van der Waals surface area contributed by atoms with Gasteiger partial charge in [0.1, 0.15) is 5.76 Å². The molecule has 2 nitrogen and oxygen atoms in total. The van der Waals surface area contributed by atoms with Crippen LogP contribution in [0.3, 0.4) is 0 Å². The predicted molar refractivity (Wildman–Crippen MR) is 78.5 cm³/mol. The molecule has 3 rings (SSSR count). The molecule has 108 valence electrons. The van der Waals surface area contributed by atoms with Gasteiger partial charge in [-0.05, 0) is 25.2 Å². The van der Waals surface area contributed by atoms with Crippen LogP contribution in [0.5, 0.6) is 0 Å². The Bertz CT molecular complexity index is 800. The zero-order chi connectivity index (χ0) is 15.0. The normalized spacial score (nSPS) is 12.8. The first-order valence-corrected chi connectivity index (χ1v) is 6.78. The lowest BCUT2D eigenvalue weighted by Gasteiger charge is -2.15. The average Bonchev–Trinajstić information content (AvgIpc) is 2.89. The van der Waals surface area contributed by atoms with Gasteiger partial charge in [-0.15, -0.1) is 0 Å². The van der Waals surface area contributed by atoms with Crippen molar-refractivity contribution >= 4 is 22.6 Å². The number of nitrogens with one attached hydrogen (secondary N) is 1. The topological polar surface area (TPSA) is 25.2 Å². The maximum absolute atomic E-state index is 14.0. The molecule has 0 saturated carbocycles. The van der Waals surface area contributed by atoms with Crippen molar-refractivity contribution in [2.45, 2.75) is 6.04 Å². The molecule has 0 fully saturated rings. The van der Waals surface area contributed by atoms with Gasteiger partial charge in [0.05, 0.1) is 11.1 Å². The van der Waals surface area contributed by atoms with Crippen LogP contribution >= 0.6 is 11.6 Å². The molecule has 0 saturated heterocycles. The zero-order valence-corrected chi connectivity index (χ0v) is 11.9. The number of fused-ring (bicyclic) bond motifs is 1. The lowest BCUT2D eigenvalue weighted by atomic mass is 10.0. The van der Waals surface area contributed by atoms with Gasteiger partial charge in [-0.2, -0.15) is 0 Å². The van der Waals surface area contributed by atoms with Gasteiger partial charge in [-0.3, -0.25) is 0 Å². The molecule has 0 amide bonds. The molecule has 1 atom stereocenters. The second-order valence-corrected chi connectivity index (χ2v) is 5.08. The highest BCUT2D eigenvalue weighted by atomic mass is 35.5. The maximum atomic E-state index is 14.0. The van der Waals surface area contributed by atoms with Crippen LogP contribution in [0.25, 0.3) is 11.0 Å². The van der Waals surface area contributed by atoms with Gasteiger partial charge in [0.15, 0.2) is 17.2 Å². The largest absolute Gasteiger partial charge is 0.457 e. The summed E-state index contributed by atoms with van der Waals surface area (Å²) >= 11 is 6.07. The fourth-order valence-electron chi connectivity index (χ4n) is 2.38. The van der Waals surface area contributed by atoms with E-state index in [-0.39, 0.29) is 5.56 Å². The number of hydrogen-bond donors (Lipinski definition) is 1. The Morgan fingerprint density at radius 1 is 1.14 bits per heavy atom. The third-order valence-electron chi connectivity index (χ3n) is 3.38. The van der Waals surface area contributed by atoms with Gasteiger partial charge in [0.2, 0.25) is 0 Å². The van der Waals surface area contributed by atoms with Crippen molar-refractivity contribution in [2.75, 3.05) is 7.05 Å². The highest BCUT2D eigenvalue weighted by Crippen LogP contribution is 2.32. The van der Waals surface area contributed by atoms with E-state index < -0.39 is 17.7 Å². The minimum atomic E-state index is -0.887. The third-order valence-corrected chi connectivity index (χ3v) is 3.68. The van der Waals surface area contributed by atoms with Crippen molar-refractivity contribution < 1.29 is 13.2 Å². The predicted octanol–water partition coefficient (Wildman–Crippen LogP) is 4.67. The highest BCUT2D eigenvalue weighted by Gasteiger charge is 2.22. The van der Waals surface area contributed by atoms with Crippen LogP contribution in [0.1, 0.15) is 17.4 Å². The van der Waals surface area contributed by atoms with Gasteiger partial charge in [0.25, 0.3) is 0 Å². The van der Waals surface area contributed by atoms with E-state index >= 15 is 0 Å². The number of rotatable bonds is 3. The smallest absolute Gasteiger partial charge is 0.164 e. The Morgan fingerprint density at radius 3 is 2.62 bits per heavy atom. The molecule has 21 heavy (non-hydrogen) atoms.